The zero-order chi connectivity index (χ0) is 13.8. The molecule has 0 bridgehead atoms. The minimum Gasteiger partial charge on any atom is -0.333 e. The molecule has 2 amide bonds. The number of likely N-dealkylation sites (tertiary alicyclic amines) is 1. The molecule has 0 aliphatic carbocycles. The summed E-state index contributed by atoms with van der Waals surface area (Å²) >= 11 is 1.64. The Labute approximate surface area is 119 Å². The standard InChI is InChI=1S/C14H23N3OS/c1-10(2)12-4-6-17(7-5-12)14(18)16-9-13-8-15-11(3)19-13/h8,10,12H,4-7,9H2,1-3H3,(H,16,18). The van der Waals surface area contributed by atoms with E-state index in [0.717, 1.165) is 47.7 Å². The number of rotatable bonds is 3. The minimum absolute atomic E-state index is 0.0632. The molecule has 0 atom stereocenters. The van der Waals surface area contributed by atoms with Crippen molar-refractivity contribution in [1.82, 2.24) is 15.2 Å². The number of hydrogen-bond acceptors (Lipinski definition) is 3. The summed E-state index contributed by atoms with van der Waals surface area (Å²) in [6.07, 6.45) is 4.10. The van der Waals surface area contributed by atoms with Crippen molar-refractivity contribution in [1.29, 1.82) is 0 Å². The third-order valence-corrected chi connectivity index (χ3v) is 4.77. The van der Waals surface area contributed by atoms with Crippen molar-refractivity contribution in [2.24, 2.45) is 11.8 Å². The first-order chi connectivity index (χ1) is 9.06. The highest BCUT2D eigenvalue weighted by Crippen LogP contribution is 2.24. The zero-order valence-electron chi connectivity index (χ0n) is 12.0. The second-order valence-electron chi connectivity index (χ2n) is 5.57. The first kappa shape index (κ1) is 14.3. The molecule has 2 rings (SSSR count). The minimum atomic E-state index is 0.0632. The Morgan fingerprint density at radius 1 is 1.53 bits per heavy atom. The topological polar surface area (TPSA) is 45.2 Å². The van der Waals surface area contributed by atoms with Crippen molar-refractivity contribution < 1.29 is 4.79 Å². The molecule has 1 aromatic heterocycles. The third kappa shape index (κ3) is 3.93. The highest BCUT2D eigenvalue weighted by molar-refractivity contribution is 7.11. The van der Waals surface area contributed by atoms with Gasteiger partial charge < -0.3 is 10.2 Å². The maximum atomic E-state index is 12.1. The number of aryl methyl sites for hydroxylation is 1. The summed E-state index contributed by atoms with van der Waals surface area (Å²) in [4.78, 5) is 19.3. The molecule has 0 radical (unpaired) electrons. The van der Waals surface area contributed by atoms with Crippen LogP contribution in [0.25, 0.3) is 0 Å². The van der Waals surface area contributed by atoms with E-state index >= 15 is 0 Å². The predicted octanol–water partition coefficient (Wildman–Crippen LogP) is 3.03. The van der Waals surface area contributed by atoms with Crippen LogP contribution in [-0.2, 0) is 6.54 Å². The molecular weight excluding hydrogens is 258 g/mol. The predicted molar refractivity (Wildman–Crippen MR) is 78.2 cm³/mol. The van der Waals surface area contributed by atoms with Crippen molar-refractivity contribution in [2.75, 3.05) is 13.1 Å². The SMILES string of the molecule is Cc1ncc(CNC(=O)N2CCC(C(C)C)CC2)s1. The van der Waals surface area contributed by atoms with E-state index in [-0.39, 0.29) is 6.03 Å². The highest BCUT2D eigenvalue weighted by atomic mass is 32.1. The van der Waals surface area contributed by atoms with Crippen LogP contribution in [0.5, 0.6) is 0 Å². The normalized spacial score (nSPS) is 16.9. The molecule has 1 fully saturated rings. The number of carbonyl (C=O) groups is 1. The van der Waals surface area contributed by atoms with Crippen LogP contribution in [0, 0.1) is 18.8 Å². The molecule has 4 nitrogen and oxygen atoms in total. The van der Waals surface area contributed by atoms with Gasteiger partial charge in [0.2, 0.25) is 0 Å². The number of hydrogen-bond donors (Lipinski definition) is 1. The van der Waals surface area contributed by atoms with Crippen molar-refractivity contribution in [3.05, 3.63) is 16.1 Å². The Morgan fingerprint density at radius 3 is 2.74 bits per heavy atom. The lowest BCUT2D eigenvalue weighted by molar-refractivity contribution is 0.156. The number of piperidine rings is 1. The molecule has 1 aromatic rings. The molecule has 1 N–H and O–H groups in total. The van der Waals surface area contributed by atoms with Crippen molar-refractivity contribution in [2.45, 2.75) is 40.2 Å². The Kier molecular flexibility index (Phi) is 4.80. The second-order valence-corrected chi connectivity index (χ2v) is 6.89. The zero-order valence-corrected chi connectivity index (χ0v) is 12.8. The average molecular weight is 281 g/mol. The molecule has 2 heterocycles. The van der Waals surface area contributed by atoms with Crippen LogP contribution in [0.3, 0.4) is 0 Å². The van der Waals surface area contributed by atoms with E-state index in [1.54, 1.807) is 11.3 Å². The van der Waals surface area contributed by atoms with Crippen LogP contribution in [0.2, 0.25) is 0 Å². The Hall–Kier alpha value is -1.10. The number of amides is 2. The van der Waals surface area contributed by atoms with Gasteiger partial charge >= 0.3 is 6.03 Å². The summed E-state index contributed by atoms with van der Waals surface area (Å²) < 4.78 is 0. The van der Waals surface area contributed by atoms with Gasteiger partial charge in [-0.3, -0.25) is 0 Å². The van der Waals surface area contributed by atoms with Gasteiger partial charge in [-0.1, -0.05) is 13.8 Å². The van der Waals surface area contributed by atoms with E-state index in [4.69, 9.17) is 0 Å². The van der Waals surface area contributed by atoms with Gasteiger partial charge in [0.05, 0.1) is 11.6 Å². The fraction of sp³-hybridized carbons (Fsp3) is 0.714. The van der Waals surface area contributed by atoms with Crippen molar-refractivity contribution in [3.8, 4) is 0 Å². The summed E-state index contributed by atoms with van der Waals surface area (Å²) in [7, 11) is 0. The second kappa shape index (κ2) is 6.37. The van der Waals surface area contributed by atoms with E-state index in [1.807, 2.05) is 18.0 Å². The maximum absolute atomic E-state index is 12.1. The van der Waals surface area contributed by atoms with E-state index in [0.29, 0.717) is 6.54 Å². The molecule has 0 unspecified atom stereocenters. The van der Waals surface area contributed by atoms with E-state index < -0.39 is 0 Å². The van der Waals surface area contributed by atoms with Crippen LogP contribution in [0.15, 0.2) is 6.20 Å². The molecule has 0 aromatic carbocycles. The molecule has 1 aliphatic heterocycles. The first-order valence-corrected chi connectivity index (χ1v) is 7.82. The van der Waals surface area contributed by atoms with Gasteiger partial charge in [-0.25, -0.2) is 9.78 Å². The summed E-state index contributed by atoms with van der Waals surface area (Å²) in [5.74, 6) is 1.50. The molecule has 19 heavy (non-hydrogen) atoms. The largest absolute Gasteiger partial charge is 0.333 e. The third-order valence-electron chi connectivity index (χ3n) is 3.85. The van der Waals surface area contributed by atoms with Gasteiger partial charge in [-0.2, -0.15) is 0 Å². The van der Waals surface area contributed by atoms with Crippen LogP contribution >= 0.6 is 11.3 Å². The smallest absolute Gasteiger partial charge is 0.317 e. The van der Waals surface area contributed by atoms with Crippen LogP contribution in [-0.4, -0.2) is 29.0 Å². The van der Waals surface area contributed by atoms with Crippen LogP contribution in [0.4, 0.5) is 4.79 Å². The number of nitrogens with one attached hydrogen (secondary N) is 1. The Balaban J connectivity index is 1.75. The number of urea groups is 1. The lowest BCUT2D eigenvalue weighted by Gasteiger charge is -2.33. The molecule has 1 saturated heterocycles. The molecular formula is C14H23N3OS. The van der Waals surface area contributed by atoms with Gasteiger partial charge in [0.15, 0.2) is 0 Å². The van der Waals surface area contributed by atoms with Crippen LogP contribution < -0.4 is 5.32 Å². The van der Waals surface area contributed by atoms with Gasteiger partial charge in [0.1, 0.15) is 0 Å². The van der Waals surface area contributed by atoms with Gasteiger partial charge in [0.25, 0.3) is 0 Å². The Morgan fingerprint density at radius 2 is 2.21 bits per heavy atom. The molecule has 106 valence electrons. The monoisotopic (exact) mass is 281 g/mol. The van der Waals surface area contributed by atoms with E-state index in [1.165, 1.54) is 0 Å². The van der Waals surface area contributed by atoms with Gasteiger partial charge in [0, 0.05) is 24.2 Å². The highest BCUT2D eigenvalue weighted by Gasteiger charge is 2.24. The summed E-state index contributed by atoms with van der Waals surface area (Å²) in [5, 5.41) is 4.03. The number of carbonyl (C=O) groups excluding carboxylic acids is 1. The summed E-state index contributed by atoms with van der Waals surface area (Å²) in [6, 6.07) is 0.0632. The number of aromatic nitrogens is 1. The molecule has 5 heteroatoms. The Bertz CT molecular complexity index is 422. The summed E-state index contributed by atoms with van der Waals surface area (Å²) in [6.45, 7) is 8.88. The fourth-order valence-electron chi connectivity index (χ4n) is 2.53. The maximum Gasteiger partial charge on any atom is 0.317 e. The lowest BCUT2D eigenvalue weighted by atomic mass is 9.87. The first-order valence-electron chi connectivity index (χ1n) is 7.00. The van der Waals surface area contributed by atoms with E-state index in [9.17, 15) is 4.79 Å². The molecule has 1 aliphatic rings. The van der Waals surface area contributed by atoms with Crippen molar-refractivity contribution >= 4 is 17.4 Å². The van der Waals surface area contributed by atoms with Gasteiger partial charge in [-0.05, 0) is 31.6 Å². The summed E-state index contributed by atoms with van der Waals surface area (Å²) in [5.41, 5.74) is 0. The molecule has 0 spiro atoms. The van der Waals surface area contributed by atoms with Crippen LogP contribution in [0.1, 0.15) is 36.6 Å². The van der Waals surface area contributed by atoms with Gasteiger partial charge in [-0.15, -0.1) is 11.3 Å². The quantitative estimate of drug-likeness (QED) is 0.925. The number of nitrogens with zero attached hydrogens (tertiary/aromatic N) is 2. The lowest BCUT2D eigenvalue weighted by Crippen LogP contribution is -2.44. The average Bonchev–Trinajstić information content (AvgIpc) is 2.82. The molecule has 0 saturated carbocycles. The fourth-order valence-corrected chi connectivity index (χ4v) is 3.27. The van der Waals surface area contributed by atoms with E-state index in [2.05, 4.69) is 24.1 Å². The number of thiazole rings is 1. The van der Waals surface area contributed by atoms with Crippen molar-refractivity contribution in [3.63, 3.8) is 0 Å².